The van der Waals surface area contributed by atoms with Gasteiger partial charge in [-0.05, 0) is 81.3 Å². The predicted octanol–water partition coefficient (Wildman–Crippen LogP) is 2.47. The fourth-order valence-electron chi connectivity index (χ4n) is 10.3. The molecule has 0 aromatic carbocycles. The lowest BCUT2D eigenvalue weighted by atomic mass is 9.43. The van der Waals surface area contributed by atoms with Crippen LogP contribution < -0.4 is 5.63 Å². The number of carbonyl (C=O) groups is 2. The van der Waals surface area contributed by atoms with E-state index in [9.17, 15) is 29.7 Å². The standard InChI is InChI=1S/C33H46O11/c1-17-27(37)29(40-4)28(38)30(42-17)44-21-9-12-32(16-34)20(13-21)6-7-23-22(32)10-11-31(3)26(19-5-8-25(36)41-15-19)24(43-18(2)35)14-33(23,31)39/h5,8,15-17,20-24,26-30,37-39H,6-7,9-14H2,1-4H3. The van der Waals surface area contributed by atoms with Crippen LogP contribution in [0.1, 0.15) is 83.6 Å². The highest BCUT2D eigenvalue weighted by Crippen LogP contribution is 2.70. The van der Waals surface area contributed by atoms with Gasteiger partial charge in [0, 0.05) is 43.3 Å². The molecule has 44 heavy (non-hydrogen) atoms. The maximum atomic E-state index is 13.1. The van der Waals surface area contributed by atoms with Crippen LogP contribution in [0, 0.1) is 28.6 Å². The fourth-order valence-corrected chi connectivity index (χ4v) is 10.3. The number of hydrogen-bond acceptors (Lipinski definition) is 11. The van der Waals surface area contributed by atoms with Crippen LogP contribution in [0.3, 0.4) is 0 Å². The van der Waals surface area contributed by atoms with Gasteiger partial charge < -0.3 is 43.5 Å². The Bertz CT molecular complexity index is 1280. The molecular formula is C33H46O11. The highest BCUT2D eigenvalue weighted by molar-refractivity contribution is 5.66. The molecule has 244 valence electrons. The van der Waals surface area contributed by atoms with Crippen molar-refractivity contribution in [3.05, 3.63) is 34.4 Å². The average Bonchev–Trinajstić information content (AvgIpc) is 3.22. The van der Waals surface area contributed by atoms with Crippen molar-refractivity contribution in [2.24, 2.45) is 28.6 Å². The van der Waals surface area contributed by atoms with E-state index in [0.29, 0.717) is 37.7 Å². The lowest BCUT2D eigenvalue weighted by Gasteiger charge is -2.62. The minimum atomic E-state index is -1.20. The summed E-state index contributed by atoms with van der Waals surface area (Å²) >= 11 is 0. The van der Waals surface area contributed by atoms with E-state index in [0.717, 1.165) is 19.1 Å². The van der Waals surface area contributed by atoms with Gasteiger partial charge in [-0.2, -0.15) is 0 Å². The van der Waals surface area contributed by atoms with Crippen molar-refractivity contribution in [3.8, 4) is 0 Å². The van der Waals surface area contributed by atoms with E-state index in [4.69, 9.17) is 23.4 Å². The molecule has 0 bridgehead atoms. The van der Waals surface area contributed by atoms with Crippen LogP contribution in [-0.2, 0) is 28.5 Å². The number of rotatable bonds is 6. The Morgan fingerprint density at radius 2 is 1.86 bits per heavy atom. The number of aldehydes is 1. The molecule has 14 unspecified atom stereocenters. The lowest BCUT2D eigenvalue weighted by Crippen LogP contribution is -2.63. The van der Waals surface area contributed by atoms with Gasteiger partial charge in [0.1, 0.15) is 30.7 Å². The van der Waals surface area contributed by atoms with Crippen LogP contribution in [0.2, 0.25) is 0 Å². The van der Waals surface area contributed by atoms with E-state index in [-0.39, 0.29) is 36.2 Å². The summed E-state index contributed by atoms with van der Waals surface area (Å²) in [5, 5.41) is 33.9. The van der Waals surface area contributed by atoms with E-state index in [2.05, 4.69) is 0 Å². The molecule has 1 aromatic rings. The molecule has 0 radical (unpaired) electrons. The summed E-state index contributed by atoms with van der Waals surface area (Å²) < 4.78 is 28.5. The second kappa shape index (κ2) is 11.6. The number of aliphatic hydroxyl groups excluding tert-OH is 2. The first-order valence-corrected chi connectivity index (χ1v) is 16.0. The van der Waals surface area contributed by atoms with Crippen LogP contribution >= 0.6 is 0 Å². The zero-order valence-electron chi connectivity index (χ0n) is 25.9. The Kier molecular flexibility index (Phi) is 8.37. The topological polar surface area (TPSA) is 162 Å². The minimum Gasteiger partial charge on any atom is -0.462 e. The number of ether oxygens (including phenoxy) is 4. The third kappa shape index (κ3) is 4.81. The Hall–Kier alpha value is -2.15. The SMILES string of the molecule is COC1C(O)C(C)OC(OC2CCC3(C=O)C(CCC4C3CCC3(C)C(c5ccc(=O)oc5)C(OC(C)=O)CC43O)C2)C1O. The van der Waals surface area contributed by atoms with Crippen molar-refractivity contribution in [2.45, 2.75) is 127 Å². The van der Waals surface area contributed by atoms with E-state index < -0.39 is 64.8 Å². The summed E-state index contributed by atoms with van der Waals surface area (Å²) in [5.41, 5.74) is -2.25. The molecule has 5 aliphatic rings. The lowest BCUT2D eigenvalue weighted by molar-refractivity contribution is -0.312. The Labute approximate surface area is 257 Å². The first-order chi connectivity index (χ1) is 20.9. The quantitative estimate of drug-likeness (QED) is 0.244. The molecule has 14 atom stereocenters. The largest absolute Gasteiger partial charge is 0.462 e. The van der Waals surface area contributed by atoms with Crippen molar-refractivity contribution < 1.29 is 48.3 Å². The molecule has 1 aromatic heterocycles. The first kappa shape index (κ1) is 31.8. The molecule has 5 fully saturated rings. The third-order valence-corrected chi connectivity index (χ3v) is 12.4. The van der Waals surface area contributed by atoms with Gasteiger partial charge in [0.2, 0.25) is 0 Å². The third-order valence-electron chi connectivity index (χ3n) is 12.4. The van der Waals surface area contributed by atoms with E-state index in [1.165, 1.54) is 26.4 Å². The second-order valence-corrected chi connectivity index (χ2v) is 14.2. The number of esters is 1. The van der Waals surface area contributed by atoms with E-state index in [1.807, 2.05) is 6.92 Å². The fraction of sp³-hybridized carbons (Fsp3) is 0.788. The smallest absolute Gasteiger partial charge is 0.335 e. The zero-order valence-corrected chi connectivity index (χ0v) is 25.9. The monoisotopic (exact) mass is 618 g/mol. The highest BCUT2D eigenvalue weighted by Gasteiger charge is 2.71. The molecule has 0 amide bonds. The molecule has 2 heterocycles. The normalized spacial score (nSPS) is 48.5. The Morgan fingerprint density at radius 1 is 1.09 bits per heavy atom. The summed E-state index contributed by atoms with van der Waals surface area (Å²) in [6.45, 7) is 5.13. The summed E-state index contributed by atoms with van der Waals surface area (Å²) in [6.07, 6.45) is 2.10. The summed E-state index contributed by atoms with van der Waals surface area (Å²) in [6, 6.07) is 3.06. The van der Waals surface area contributed by atoms with Gasteiger partial charge in [0.25, 0.3) is 0 Å². The van der Waals surface area contributed by atoms with Crippen molar-refractivity contribution in [1.82, 2.24) is 0 Å². The van der Waals surface area contributed by atoms with E-state index >= 15 is 0 Å². The first-order valence-electron chi connectivity index (χ1n) is 16.0. The molecule has 0 spiro atoms. The average molecular weight is 619 g/mol. The van der Waals surface area contributed by atoms with Gasteiger partial charge in [-0.15, -0.1) is 0 Å². The predicted molar refractivity (Wildman–Crippen MR) is 154 cm³/mol. The molecule has 11 nitrogen and oxygen atoms in total. The van der Waals surface area contributed by atoms with Crippen LogP contribution in [0.5, 0.6) is 0 Å². The molecule has 1 saturated heterocycles. The molecule has 4 aliphatic carbocycles. The molecule has 1 aliphatic heterocycles. The molecule has 4 saturated carbocycles. The molecule has 11 heteroatoms. The van der Waals surface area contributed by atoms with Crippen molar-refractivity contribution in [1.29, 1.82) is 0 Å². The maximum absolute atomic E-state index is 13.1. The number of hydrogen-bond donors (Lipinski definition) is 3. The number of fused-ring (bicyclic) bond motifs is 5. The minimum absolute atomic E-state index is 0.0415. The van der Waals surface area contributed by atoms with Crippen LogP contribution in [0.25, 0.3) is 0 Å². The summed E-state index contributed by atoms with van der Waals surface area (Å²) in [5.74, 6) is -0.978. The Balaban J connectivity index is 1.24. The molecular weight excluding hydrogens is 572 g/mol. The van der Waals surface area contributed by atoms with Gasteiger partial charge in [-0.3, -0.25) is 4.79 Å². The highest BCUT2D eigenvalue weighted by atomic mass is 16.7. The summed E-state index contributed by atoms with van der Waals surface area (Å²) in [4.78, 5) is 37.1. The van der Waals surface area contributed by atoms with Gasteiger partial charge in [-0.25, -0.2) is 4.79 Å². The van der Waals surface area contributed by atoms with Gasteiger partial charge >= 0.3 is 11.6 Å². The van der Waals surface area contributed by atoms with Crippen LogP contribution in [-0.4, -0.2) is 83.2 Å². The van der Waals surface area contributed by atoms with Crippen LogP contribution in [0.4, 0.5) is 0 Å². The number of aliphatic hydroxyl groups is 3. The Morgan fingerprint density at radius 3 is 2.52 bits per heavy atom. The van der Waals surface area contributed by atoms with E-state index in [1.54, 1.807) is 13.0 Å². The van der Waals surface area contributed by atoms with Crippen molar-refractivity contribution in [2.75, 3.05) is 7.11 Å². The number of carbonyl (C=O) groups excluding carboxylic acids is 2. The zero-order chi connectivity index (χ0) is 31.6. The van der Waals surface area contributed by atoms with Gasteiger partial charge in [-0.1, -0.05) is 6.92 Å². The van der Waals surface area contributed by atoms with Crippen molar-refractivity contribution in [3.63, 3.8) is 0 Å². The molecule has 6 rings (SSSR count). The maximum Gasteiger partial charge on any atom is 0.335 e. The summed E-state index contributed by atoms with van der Waals surface area (Å²) in [7, 11) is 1.44. The molecule has 3 N–H and O–H groups in total. The second-order valence-electron chi connectivity index (χ2n) is 14.2. The van der Waals surface area contributed by atoms with Gasteiger partial charge in [0.05, 0.1) is 24.1 Å². The van der Waals surface area contributed by atoms with Crippen molar-refractivity contribution >= 4 is 12.3 Å². The van der Waals surface area contributed by atoms with Crippen LogP contribution in [0.15, 0.2) is 27.6 Å². The number of methoxy groups -OCH3 is 1. The van der Waals surface area contributed by atoms with Gasteiger partial charge in [0.15, 0.2) is 6.29 Å².